The molecule has 0 aliphatic heterocycles. The molecule has 1 amide bonds. The molecule has 2 aromatic carbocycles. The van der Waals surface area contributed by atoms with Crippen molar-refractivity contribution < 1.29 is 18.7 Å². The van der Waals surface area contributed by atoms with E-state index in [1.165, 1.54) is 4.88 Å². The second kappa shape index (κ2) is 12.7. The maximum atomic E-state index is 13.5. The lowest BCUT2D eigenvalue weighted by Crippen LogP contribution is -2.28. The molecule has 2 heterocycles. The normalized spacial score (nSPS) is 15.1. The average molecular weight is 636 g/mol. The molecular weight excluding hydrogens is 600 g/mol. The van der Waals surface area contributed by atoms with Crippen LogP contribution in [-0.4, -0.2) is 19.2 Å². The van der Waals surface area contributed by atoms with Gasteiger partial charge in [0.1, 0.15) is 17.4 Å². The lowest BCUT2D eigenvalue weighted by molar-refractivity contribution is 0.0947. The first-order chi connectivity index (χ1) is 19.7. The van der Waals surface area contributed by atoms with Gasteiger partial charge < -0.3 is 19.2 Å². The summed E-state index contributed by atoms with van der Waals surface area (Å²) in [7, 11) is 1.62. The van der Waals surface area contributed by atoms with Crippen LogP contribution < -0.4 is 14.8 Å². The Morgan fingerprint density at radius 2 is 2.00 bits per heavy atom. The Labute approximate surface area is 253 Å². The molecule has 0 fully saturated rings. The van der Waals surface area contributed by atoms with Crippen LogP contribution in [0.5, 0.6) is 11.5 Å². The number of hydrogen-bond acceptors (Lipinski definition) is 6. The summed E-state index contributed by atoms with van der Waals surface area (Å²) in [6.07, 6.45) is 6.30. The predicted molar refractivity (Wildman–Crippen MR) is 168 cm³/mol. The number of benzene rings is 2. The lowest BCUT2D eigenvalue weighted by atomic mass is 9.72. The Kier molecular flexibility index (Phi) is 9.00. The van der Waals surface area contributed by atoms with Gasteiger partial charge in [-0.05, 0) is 87.5 Å². The minimum atomic E-state index is -0.122. The Balaban J connectivity index is 1.42. The van der Waals surface area contributed by atoms with E-state index in [9.17, 15) is 4.79 Å². The third-order valence-corrected chi connectivity index (χ3v) is 9.26. The number of hydrogen-bond donors (Lipinski definition) is 1. The summed E-state index contributed by atoms with van der Waals surface area (Å²) in [4.78, 5) is 19.6. The maximum absolute atomic E-state index is 13.5. The first-order valence-electron chi connectivity index (χ1n) is 13.8. The second-order valence-corrected chi connectivity index (χ2v) is 13.3. The molecular formula is C33H35BrN2O4S. The summed E-state index contributed by atoms with van der Waals surface area (Å²) in [5, 5.41) is 3.76. The van der Waals surface area contributed by atoms with Crippen molar-refractivity contribution in [2.45, 2.75) is 53.2 Å². The number of furan rings is 1. The van der Waals surface area contributed by atoms with E-state index in [1.54, 1.807) is 30.9 Å². The molecule has 2 aromatic heterocycles. The largest absolute Gasteiger partial charge is 0.493 e. The van der Waals surface area contributed by atoms with Crippen molar-refractivity contribution in [1.29, 1.82) is 0 Å². The summed E-state index contributed by atoms with van der Waals surface area (Å²) in [6.45, 7) is 7.65. The van der Waals surface area contributed by atoms with E-state index in [4.69, 9.17) is 18.9 Å². The smallest absolute Gasteiger partial charge is 0.255 e. The molecule has 1 N–H and O–H groups in total. The number of carbonyl (C=O) groups is 1. The van der Waals surface area contributed by atoms with Gasteiger partial charge in [0, 0.05) is 11.1 Å². The summed E-state index contributed by atoms with van der Waals surface area (Å²) in [5.74, 6) is 2.39. The molecule has 1 aliphatic rings. The van der Waals surface area contributed by atoms with E-state index >= 15 is 0 Å². The lowest BCUT2D eigenvalue weighted by Gasteiger charge is -2.33. The molecule has 0 unspecified atom stereocenters. The fourth-order valence-corrected chi connectivity index (χ4v) is 6.96. The zero-order chi connectivity index (χ0) is 29.0. The van der Waals surface area contributed by atoms with Crippen molar-refractivity contribution in [3.8, 4) is 11.5 Å². The molecule has 6 nitrogen and oxygen atoms in total. The Hall–Kier alpha value is -3.36. The number of ether oxygens (including phenoxy) is 2. The van der Waals surface area contributed by atoms with Gasteiger partial charge in [-0.2, -0.15) is 0 Å². The van der Waals surface area contributed by atoms with Crippen LogP contribution in [0, 0.1) is 11.3 Å². The van der Waals surface area contributed by atoms with Crippen molar-refractivity contribution in [3.05, 3.63) is 98.2 Å². The van der Waals surface area contributed by atoms with E-state index < -0.39 is 0 Å². The molecule has 214 valence electrons. The van der Waals surface area contributed by atoms with Crippen molar-refractivity contribution in [2.24, 2.45) is 16.3 Å². The van der Waals surface area contributed by atoms with Gasteiger partial charge in [0.15, 0.2) is 11.5 Å². The van der Waals surface area contributed by atoms with Crippen LogP contribution in [0.4, 0.5) is 5.00 Å². The number of halogens is 1. The van der Waals surface area contributed by atoms with E-state index in [2.05, 4.69) is 42.0 Å². The summed E-state index contributed by atoms with van der Waals surface area (Å²) in [6, 6.07) is 17.5. The van der Waals surface area contributed by atoms with Gasteiger partial charge in [-0.15, -0.1) is 11.3 Å². The van der Waals surface area contributed by atoms with Crippen LogP contribution in [0.15, 0.2) is 74.7 Å². The third-order valence-electron chi connectivity index (χ3n) is 7.51. The Morgan fingerprint density at radius 1 is 1.20 bits per heavy atom. The van der Waals surface area contributed by atoms with E-state index in [0.717, 1.165) is 45.4 Å². The number of amides is 1. The number of thiophene rings is 1. The molecule has 5 rings (SSSR count). The van der Waals surface area contributed by atoms with Crippen molar-refractivity contribution in [1.82, 2.24) is 5.32 Å². The van der Waals surface area contributed by atoms with Crippen LogP contribution in [0.2, 0.25) is 0 Å². The molecule has 1 aliphatic carbocycles. The number of carbonyl (C=O) groups excluding carboxylic acids is 1. The highest BCUT2D eigenvalue weighted by Crippen LogP contribution is 2.45. The van der Waals surface area contributed by atoms with Crippen LogP contribution in [0.25, 0.3) is 0 Å². The molecule has 0 bridgehead atoms. The van der Waals surface area contributed by atoms with Crippen molar-refractivity contribution >= 4 is 44.4 Å². The summed E-state index contributed by atoms with van der Waals surface area (Å²) < 4.78 is 17.9. The fourth-order valence-electron chi connectivity index (χ4n) is 5.12. The van der Waals surface area contributed by atoms with Gasteiger partial charge >= 0.3 is 0 Å². The molecule has 8 heteroatoms. The number of fused-ring (bicyclic) bond motifs is 1. The molecule has 0 spiro atoms. The molecule has 0 saturated heterocycles. The van der Waals surface area contributed by atoms with Crippen molar-refractivity contribution in [3.63, 3.8) is 0 Å². The van der Waals surface area contributed by atoms with Gasteiger partial charge in [-0.3, -0.25) is 4.79 Å². The van der Waals surface area contributed by atoms with E-state index in [-0.39, 0.29) is 11.3 Å². The number of methoxy groups -OCH3 is 1. The second-order valence-electron chi connectivity index (χ2n) is 11.3. The summed E-state index contributed by atoms with van der Waals surface area (Å²) >= 11 is 5.28. The monoisotopic (exact) mass is 634 g/mol. The first kappa shape index (κ1) is 29.1. The highest BCUT2D eigenvalue weighted by atomic mass is 79.9. The number of aliphatic imine (C=N–C) groups is 1. The third kappa shape index (κ3) is 6.93. The van der Waals surface area contributed by atoms with Gasteiger partial charge in [0.25, 0.3) is 5.91 Å². The topological polar surface area (TPSA) is 73.1 Å². The molecule has 4 aromatic rings. The zero-order valence-corrected chi connectivity index (χ0v) is 26.2. The van der Waals surface area contributed by atoms with Gasteiger partial charge in [-0.25, -0.2) is 4.99 Å². The molecule has 41 heavy (non-hydrogen) atoms. The fraction of sp³-hybridized carbons (Fsp3) is 0.333. The molecule has 0 radical (unpaired) electrons. The highest BCUT2D eigenvalue weighted by molar-refractivity contribution is 9.10. The highest BCUT2D eigenvalue weighted by Gasteiger charge is 2.33. The SMILES string of the molecule is COc1cc(C=Nc2sc3c(c2C(=O)NCc2ccco2)CC[C@H](C(C)(C)C)C3)cc(Br)c1OCc1ccccc1. The quantitative estimate of drug-likeness (QED) is 0.187. The molecule has 1 atom stereocenters. The predicted octanol–water partition coefficient (Wildman–Crippen LogP) is 8.52. The average Bonchev–Trinajstić information content (AvgIpc) is 3.61. The first-order valence-corrected chi connectivity index (χ1v) is 15.4. The zero-order valence-electron chi connectivity index (χ0n) is 23.8. The maximum Gasteiger partial charge on any atom is 0.255 e. The minimum Gasteiger partial charge on any atom is -0.493 e. The van der Waals surface area contributed by atoms with Crippen LogP contribution in [0.3, 0.4) is 0 Å². The number of rotatable bonds is 9. The summed E-state index contributed by atoms with van der Waals surface area (Å²) in [5.41, 5.74) is 3.92. The standard InChI is InChI=1S/C33H35BrN2O4S/c1-33(2,3)23-12-13-25-28(17-23)41-32(29(25)31(37)35-19-24-11-8-14-39-24)36-18-22-15-26(34)30(27(16-22)38-4)40-20-21-9-6-5-7-10-21/h5-11,14-16,18,23H,12-13,17,19-20H2,1-4H3,(H,35,37)/t23-/m0/s1. The molecule has 0 saturated carbocycles. The minimum absolute atomic E-state index is 0.122. The van der Waals surface area contributed by atoms with E-state index in [0.29, 0.717) is 41.9 Å². The van der Waals surface area contributed by atoms with Crippen LogP contribution in [-0.2, 0) is 26.0 Å². The van der Waals surface area contributed by atoms with Gasteiger partial charge in [0.2, 0.25) is 0 Å². The van der Waals surface area contributed by atoms with Crippen LogP contribution in [0.1, 0.15) is 64.9 Å². The Morgan fingerprint density at radius 3 is 2.71 bits per heavy atom. The number of nitrogens with one attached hydrogen (secondary N) is 1. The van der Waals surface area contributed by atoms with Gasteiger partial charge in [-0.1, -0.05) is 51.1 Å². The van der Waals surface area contributed by atoms with Crippen LogP contribution >= 0.6 is 27.3 Å². The van der Waals surface area contributed by atoms with Crippen molar-refractivity contribution in [2.75, 3.05) is 7.11 Å². The van der Waals surface area contributed by atoms with Gasteiger partial charge in [0.05, 0.1) is 30.0 Å². The number of nitrogens with zero attached hydrogens (tertiary/aromatic N) is 1. The Bertz CT molecular complexity index is 1520. The van der Waals surface area contributed by atoms with E-state index in [1.807, 2.05) is 54.6 Å².